The van der Waals surface area contributed by atoms with Gasteiger partial charge in [0.25, 0.3) is 0 Å². The van der Waals surface area contributed by atoms with Crippen LogP contribution >= 0.6 is 0 Å². The summed E-state index contributed by atoms with van der Waals surface area (Å²) in [6.07, 6.45) is 6.03. The third-order valence-corrected chi connectivity index (χ3v) is 2.44. The standard InChI is InChI=1S/C11H23N/c1-4-6-7-10(3)11(5-2)8-9-12/h11H,3-9,12H2,1-2H3. The molecular weight excluding hydrogens is 146 g/mol. The van der Waals surface area contributed by atoms with Crippen LogP contribution in [-0.2, 0) is 0 Å². The molecule has 1 heteroatoms. The van der Waals surface area contributed by atoms with Gasteiger partial charge in [0, 0.05) is 0 Å². The molecule has 0 saturated heterocycles. The van der Waals surface area contributed by atoms with E-state index in [1.807, 2.05) is 0 Å². The van der Waals surface area contributed by atoms with Gasteiger partial charge in [-0.15, -0.1) is 0 Å². The molecule has 72 valence electrons. The van der Waals surface area contributed by atoms with Crippen LogP contribution in [0.15, 0.2) is 12.2 Å². The smallest absolute Gasteiger partial charge is 0.00716 e. The van der Waals surface area contributed by atoms with Gasteiger partial charge < -0.3 is 5.73 Å². The predicted molar refractivity (Wildman–Crippen MR) is 56.1 cm³/mol. The van der Waals surface area contributed by atoms with E-state index in [0.29, 0.717) is 5.92 Å². The molecule has 0 aromatic rings. The first-order chi connectivity index (χ1) is 5.76. The molecule has 0 aliphatic heterocycles. The van der Waals surface area contributed by atoms with Crippen molar-refractivity contribution in [2.24, 2.45) is 11.7 Å². The Labute approximate surface area is 77.0 Å². The highest BCUT2D eigenvalue weighted by Crippen LogP contribution is 2.21. The average Bonchev–Trinajstić information content (AvgIpc) is 2.10. The maximum atomic E-state index is 5.53. The lowest BCUT2D eigenvalue weighted by atomic mass is 9.91. The summed E-state index contributed by atoms with van der Waals surface area (Å²) in [5.41, 5.74) is 6.94. The van der Waals surface area contributed by atoms with Gasteiger partial charge in [-0.3, -0.25) is 0 Å². The summed E-state index contributed by atoms with van der Waals surface area (Å²) in [5, 5.41) is 0. The van der Waals surface area contributed by atoms with E-state index in [4.69, 9.17) is 5.73 Å². The van der Waals surface area contributed by atoms with Crippen molar-refractivity contribution in [1.29, 1.82) is 0 Å². The SMILES string of the molecule is C=C(CCCC)C(CC)CCN. The molecule has 0 fully saturated rings. The Morgan fingerprint density at radius 1 is 1.42 bits per heavy atom. The van der Waals surface area contributed by atoms with Crippen LogP contribution in [0.1, 0.15) is 46.0 Å². The van der Waals surface area contributed by atoms with Crippen LogP contribution in [0.3, 0.4) is 0 Å². The third-order valence-electron chi connectivity index (χ3n) is 2.44. The molecule has 1 atom stereocenters. The van der Waals surface area contributed by atoms with Gasteiger partial charge in [-0.2, -0.15) is 0 Å². The van der Waals surface area contributed by atoms with Crippen LogP contribution in [0, 0.1) is 5.92 Å². The van der Waals surface area contributed by atoms with Crippen LogP contribution in [0.25, 0.3) is 0 Å². The summed E-state index contributed by atoms with van der Waals surface area (Å²) < 4.78 is 0. The number of unbranched alkanes of at least 4 members (excludes halogenated alkanes) is 1. The molecule has 0 bridgehead atoms. The number of rotatable bonds is 7. The average molecular weight is 169 g/mol. The predicted octanol–water partition coefficient (Wildman–Crippen LogP) is 3.11. The van der Waals surface area contributed by atoms with Crippen LogP contribution in [0.5, 0.6) is 0 Å². The van der Waals surface area contributed by atoms with Gasteiger partial charge in [0.15, 0.2) is 0 Å². The van der Waals surface area contributed by atoms with E-state index in [2.05, 4.69) is 20.4 Å². The van der Waals surface area contributed by atoms with Crippen molar-refractivity contribution in [2.75, 3.05) is 6.54 Å². The zero-order valence-electron chi connectivity index (χ0n) is 8.60. The van der Waals surface area contributed by atoms with Crippen molar-refractivity contribution in [2.45, 2.75) is 46.0 Å². The van der Waals surface area contributed by atoms with E-state index in [0.717, 1.165) is 13.0 Å². The molecule has 0 heterocycles. The van der Waals surface area contributed by atoms with Gasteiger partial charge in [-0.05, 0) is 38.1 Å². The first-order valence-corrected chi connectivity index (χ1v) is 5.13. The second kappa shape index (κ2) is 7.35. The second-order valence-corrected chi connectivity index (χ2v) is 3.44. The zero-order chi connectivity index (χ0) is 9.40. The van der Waals surface area contributed by atoms with Crippen LogP contribution in [0.4, 0.5) is 0 Å². The zero-order valence-corrected chi connectivity index (χ0v) is 8.60. The van der Waals surface area contributed by atoms with Gasteiger partial charge in [0.05, 0.1) is 0 Å². The molecule has 0 aromatic heterocycles. The highest BCUT2D eigenvalue weighted by molar-refractivity contribution is 5.00. The molecule has 1 nitrogen and oxygen atoms in total. The van der Waals surface area contributed by atoms with Crippen LogP contribution in [-0.4, -0.2) is 6.54 Å². The Morgan fingerprint density at radius 3 is 2.50 bits per heavy atom. The van der Waals surface area contributed by atoms with E-state index in [-0.39, 0.29) is 0 Å². The van der Waals surface area contributed by atoms with E-state index < -0.39 is 0 Å². The maximum Gasteiger partial charge on any atom is -0.00716 e. The molecule has 0 amide bonds. The van der Waals surface area contributed by atoms with Crippen LogP contribution in [0.2, 0.25) is 0 Å². The maximum absolute atomic E-state index is 5.53. The van der Waals surface area contributed by atoms with Gasteiger partial charge in [0.2, 0.25) is 0 Å². The fourth-order valence-corrected chi connectivity index (χ4v) is 1.51. The topological polar surface area (TPSA) is 26.0 Å². The largest absolute Gasteiger partial charge is 0.330 e. The van der Waals surface area contributed by atoms with Crippen molar-refractivity contribution >= 4 is 0 Å². The summed E-state index contributed by atoms with van der Waals surface area (Å²) >= 11 is 0. The Morgan fingerprint density at radius 2 is 2.08 bits per heavy atom. The van der Waals surface area contributed by atoms with E-state index in [1.165, 1.54) is 31.3 Å². The molecule has 0 rings (SSSR count). The van der Waals surface area contributed by atoms with Crippen molar-refractivity contribution in [3.8, 4) is 0 Å². The Balaban J connectivity index is 3.69. The minimum absolute atomic E-state index is 0.668. The molecule has 12 heavy (non-hydrogen) atoms. The van der Waals surface area contributed by atoms with Crippen molar-refractivity contribution in [3.63, 3.8) is 0 Å². The number of hydrogen-bond donors (Lipinski definition) is 1. The minimum Gasteiger partial charge on any atom is -0.330 e. The fourth-order valence-electron chi connectivity index (χ4n) is 1.51. The van der Waals surface area contributed by atoms with Gasteiger partial charge >= 0.3 is 0 Å². The highest BCUT2D eigenvalue weighted by Gasteiger charge is 2.08. The fraction of sp³-hybridized carbons (Fsp3) is 0.818. The first kappa shape index (κ1) is 11.7. The van der Waals surface area contributed by atoms with E-state index in [9.17, 15) is 0 Å². The van der Waals surface area contributed by atoms with E-state index in [1.54, 1.807) is 0 Å². The summed E-state index contributed by atoms with van der Waals surface area (Å²) in [5.74, 6) is 0.668. The lowest BCUT2D eigenvalue weighted by Crippen LogP contribution is -2.09. The third kappa shape index (κ3) is 4.55. The molecular formula is C11H23N. The normalized spacial score (nSPS) is 12.9. The lowest BCUT2D eigenvalue weighted by Gasteiger charge is -2.16. The second-order valence-electron chi connectivity index (χ2n) is 3.44. The molecule has 2 N–H and O–H groups in total. The minimum atomic E-state index is 0.668. The first-order valence-electron chi connectivity index (χ1n) is 5.13. The molecule has 0 radical (unpaired) electrons. The monoisotopic (exact) mass is 169 g/mol. The van der Waals surface area contributed by atoms with Crippen molar-refractivity contribution in [1.82, 2.24) is 0 Å². The molecule has 1 unspecified atom stereocenters. The molecule has 0 aliphatic carbocycles. The van der Waals surface area contributed by atoms with Crippen LogP contribution < -0.4 is 5.73 Å². The number of hydrogen-bond acceptors (Lipinski definition) is 1. The Bertz CT molecular complexity index is 118. The quantitative estimate of drug-likeness (QED) is 0.582. The van der Waals surface area contributed by atoms with E-state index >= 15 is 0 Å². The summed E-state index contributed by atoms with van der Waals surface area (Å²) in [6.45, 7) is 9.36. The molecule has 0 aliphatic rings. The van der Waals surface area contributed by atoms with Crippen molar-refractivity contribution in [3.05, 3.63) is 12.2 Å². The van der Waals surface area contributed by atoms with Crippen molar-refractivity contribution < 1.29 is 0 Å². The molecule has 0 spiro atoms. The Kier molecular flexibility index (Phi) is 7.17. The summed E-state index contributed by atoms with van der Waals surface area (Å²) in [7, 11) is 0. The number of allylic oxidation sites excluding steroid dienone is 1. The lowest BCUT2D eigenvalue weighted by molar-refractivity contribution is 0.526. The molecule has 0 saturated carbocycles. The number of nitrogens with two attached hydrogens (primary N) is 1. The Hall–Kier alpha value is -0.300. The van der Waals surface area contributed by atoms with Gasteiger partial charge in [0.1, 0.15) is 0 Å². The molecule has 0 aromatic carbocycles. The summed E-state index contributed by atoms with van der Waals surface area (Å²) in [4.78, 5) is 0. The van der Waals surface area contributed by atoms with Gasteiger partial charge in [-0.25, -0.2) is 0 Å². The highest BCUT2D eigenvalue weighted by atomic mass is 14.5. The summed E-state index contributed by atoms with van der Waals surface area (Å²) in [6, 6.07) is 0. The van der Waals surface area contributed by atoms with Gasteiger partial charge in [-0.1, -0.05) is 32.4 Å².